The van der Waals surface area contributed by atoms with Gasteiger partial charge in [0.1, 0.15) is 17.5 Å². The maximum absolute atomic E-state index is 13.4. The molecule has 10 heteroatoms. The molecule has 0 spiro atoms. The minimum absolute atomic E-state index is 0.197. The fraction of sp³-hybridized carbons (Fsp3) is 0.143. The van der Waals surface area contributed by atoms with Gasteiger partial charge in [-0.1, -0.05) is 35.3 Å². The number of benzene rings is 2. The van der Waals surface area contributed by atoms with Crippen molar-refractivity contribution < 1.29 is 9.18 Å². The molecule has 2 aromatic heterocycles. The number of carbonyl (C=O) groups is 1. The molecule has 0 aliphatic heterocycles. The highest BCUT2D eigenvalue weighted by Gasteiger charge is 2.12. The SMILES string of the molecule is O=C(NCCn1ncc2c(=O)n(Cc3cccc(F)c3)cnc21)c1cc(Cl)cc(Cl)c1. The van der Waals surface area contributed by atoms with Gasteiger partial charge in [-0.05, 0) is 35.9 Å². The Hall–Kier alpha value is -3.23. The van der Waals surface area contributed by atoms with Gasteiger partial charge in [0.15, 0.2) is 5.65 Å². The molecule has 1 amide bonds. The highest BCUT2D eigenvalue weighted by atomic mass is 35.5. The molecular formula is C21H16Cl2FN5O2. The monoisotopic (exact) mass is 459 g/mol. The van der Waals surface area contributed by atoms with Crippen molar-refractivity contribution in [1.82, 2.24) is 24.6 Å². The van der Waals surface area contributed by atoms with E-state index in [2.05, 4.69) is 15.4 Å². The number of nitrogens with zero attached hydrogens (tertiary/aromatic N) is 4. The first-order valence-electron chi connectivity index (χ1n) is 9.30. The second kappa shape index (κ2) is 8.87. The summed E-state index contributed by atoms with van der Waals surface area (Å²) < 4.78 is 16.3. The third-order valence-corrected chi connectivity index (χ3v) is 5.03. The topological polar surface area (TPSA) is 81.8 Å². The summed E-state index contributed by atoms with van der Waals surface area (Å²) in [5, 5.41) is 8.04. The van der Waals surface area contributed by atoms with Gasteiger partial charge in [-0.25, -0.2) is 14.1 Å². The Balaban J connectivity index is 1.46. The van der Waals surface area contributed by atoms with Crippen LogP contribution in [0.15, 0.2) is 59.8 Å². The Labute approximate surface area is 186 Å². The van der Waals surface area contributed by atoms with E-state index >= 15 is 0 Å². The van der Waals surface area contributed by atoms with Gasteiger partial charge in [0.25, 0.3) is 11.5 Å². The van der Waals surface area contributed by atoms with Gasteiger partial charge in [0.05, 0.1) is 19.3 Å². The van der Waals surface area contributed by atoms with Crippen LogP contribution >= 0.6 is 23.2 Å². The molecule has 2 heterocycles. The van der Waals surface area contributed by atoms with E-state index < -0.39 is 0 Å². The van der Waals surface area contributed by atoms with Gasteiger partial charge in [-0.3, -0.25) is 14.2 Å². The molecule has 0 bridgehead atoms. The molecular weight excluding hydrogens is 444 g/mol. The van der Waals surface area contributed by atoms with Crippen molar-refractivity contribution in [2.45, 2.75) is 13.1 Å². The second-order valence-electron chi connectivity index (χ2n) is 6.83. The van der Waals surface area contributed by atoms with Crippen LogP contribution in [-0.2, 0) is 13.1 Å². The smallest absolute Gasteiger partial charge is 0.264 e. The quantitative estimate of drug-likeness (QED) is 0.478. The number of nitrogens with one attached hydrogen (secondary N) is 1. The van der Waals surface area contributed by atoms with Gasteiger partial charge in [-0.15, -0.1) is 0 Å². The predicted molar refractivity (Wildman–Crippen MR) is 116 cm³/mol. The Morgan fingerprint density at radius 3 is 2.65 bits per heavy atom. The third kappa shape index (κ3) is 4.76. The predicted octanol–water partition coefficient (Wildman–Crippen LogP) is 3.52. The molecule has 31 heavy (non-hydrogen) atoms. The molecule has 0 aliphatic carbocycles. The summed E-state index contributed by atoms with van der Waals surface area (Å²) in [6, 6.07) is 10.6. The Kier molecular flexibility index (Phi) is 6.01. The van der Waals surface area contributed by atoms with Crippen molar-refractivity contribution >= 4 is 40.1 Å². The van der Waals surface area contributed by atoms with E-state index in [0.29, 0.717) is 38.8 Å². The molecule has 4 rings (SSSR count). The molecule has 2 aromatic carbocycles. The van der Waals surface area contributed by atoms with Crippen molar-refractivity contribution in [1.29, 1.82) is 0 Å². The van der Waals surface area contributed by atoms with Crippen LogP contribution in [0.4, 0.5) is 4.39 Å². The number of amides is 1. The minimum atomic E-state index is -0.366. The highest BCUT2D eigenvalue weighted by molar-refractivity contribution is 6.35. The van der Waals surface area contributed by atoms with Crippen molar-refractivity contribution in [2.75, 3.05) is 6.54 Å². The maximum atomic E-state index is 13.4. The van der Waals surface area contributed by atoms with E-state index in [9.17, 15) is 14.0 Å². The van der Waals surface area contributed by atoms with Gasteiger partial charge >= 0.3 is 0 Å². The standard InChI is InChI=1S/C21H16Cl2FN5O2/c22-15-7-14(8-16(23)9-15)20(30)25-4-5-29-19-18(10-27-29)21(31)28(12-26-19)11-13-2-1-3-17(24)6-13/h1-3,6-10,12H,4-5,11H2,(H,25,30). The average molecular weight is 460 g/mol. The summed E-state index contributed by atoms with van der Waals surface area (Å²) >= 11 is 11.8. The van der Waals surface area contributed by atoms with Crippen LogP contribution in [0.2, 0.25) is 10.0 Å². The van der Waals surface area contributed by atoms with Gasteiger partial charge < -0.3 is 5.32 Å². The van der Waals surface area contributed by atoms with Crippen LogP contribution < -0.4 is 10.9 Å². The van der Waals surface area contributed by atoms with Crippen LogP contribution in [0.1, 0.15) is 15.9 Å². The fourth-order valence-electron chi connectivity index (χ4n) is 3.17. The zero-order valence-corrected chi connectivity index (χ0v) is 17.6. The van der Waals surface area contributed by atoms with Gasteiger partial charge in [0, 0.05) is 22.2 Å². The maximum Gasteiger partial charge on any atom is 0.264 e. The fourth-order valence-corrected chi connectivity index (χ4v) is 3.69. The third-order valence-electron chi connectivity index (χ3n) is 4.60. The van der Waals surface area contributed by atoms with Crippen molar-refractivity contribution in [3.05, 3.63) is 92.3 Å². The van der Waals surface area contributed by atoms with E-state index in [1.165, 1.54) is 46.0 Å². The zero-order valence-electron chi connectivity index (χ0n) is 16.1. The molecule has 0 fully saturated rings. The summed E-state index contributed by atoms with van der Waals surface area (Å²) in [6.07, 6.45) is 2.84. The van der Waals surface area contributed by atoms with E-state index in [-0.39, 0.29) is 30.4 Å². The molecule has 0 radical (unpaired) electrons. The van der Waals surface area contributed by atoms with E-state index in [0.717, 1.165) is 0 Å². The lowest BCUT2D eigenvalue weighted by Gasteiger charge is -2.08. The number of rotatable bonds is 6. The highest BCUT2D eigenvalue weighted by Crippen LogP contribution is 2.19. The van der Waals surface area contributed by atoms with Crippen LogP contribution in [0.5, 0.6) is 0 Å². The average Bonchev–Trinajstić information content (AvgIpc) is 3.13. The van der Waals surface area contributed by atoms with Gasteiger partial charge in [0.2, 0.25) is 0 Å². The lowest BCUT2D eigenvalue weighted by molar-refractivity contribution is 0.0952. The molecule has 0 aliphatic rings. The molecule has 0 saturated carbocycles. The number of carbonyl (C=O) groups excluding carboxylic acids is 1. The molecule has 7 nitrogen and oxygen atoms in total. The molecule has 0 saturated heterocycles. The molecule has 158 valence electrons. The second-order valence-corrected chi connectivity index (χ2v) is 7.70. The van der Waals surface area contributed by atoms with Crippen molar-refractivity contribution in [2.24, 2.45) is 0 Å². The number of hydrogen-bond acceptors (Lipinski definition) is 4. The Morgan fingerprint density at radius 1 is 1.13 bits per heavy atom. The largest absolute Gasteiger partial charge is 0.350 e. The molecule has 0 unspecified atom stereocenters. The summed E-state index contributed by atoms with van der Waals surface area (Å²) in [7, 11) is 0. The first-order valence-corrected chi connectivity index (χ1v) is 10.1. The number of fused-ring (bicyclic) bond motifs is 1. The molecule has 1 N–H and O–H groups in total. The lowest BCUT2D eigenvalue weighted by atomic mass is 10.2. The molecule has 0 atom stereocenters. The van der Waals surface area contributed by atoms with Crippen molar-refractivity contribution in [3.8, 4) is 0 Å². The van der Waals surface area contributed by atoms with Gasteiger partial charge in [-0.2, -0.15) is 5.10 Å². The van der Waals surface area contributed by atoms with E-state index in [1.54, 1.807) is 18.2 Å². The Morgan fingerprint density at radius 2 is 1.90 bits per heavy atom. The number of aromatic nitrogens is 4. The summed E-state index contributed by atoms with van der Waals surface area (Å²) in [4.78, 5) is 29.3. The van der Waals surface area contributed by atoms with E-state index in [4.69, 9.17) is 23.2 Å². The number of hydrogen-bond donors (Lipinski definition) is 1. The van der Waals surface area contributed by atoms with Crippen LogP contribution in [0.25, 0.3) is 11.0 Å². The minimum Gasteiger partial charge on any atom is -0.350 e. The van der Waals surface area contributed by atoms with Crippen molar-refractivity contribution in [3.63, 3.8) is 0 Å². The first kappa shape index (κ1) is 21.0. The van der Waals surface area contributed by atoms with Crippen LogP contribution in [0.3, 0.4) is 0 Å². The molecule has 4 aromatic rings. The summed E-state index contributed by atoms with van der Waals surface area (Å²) in [6.45, 7) is 0.765. The Bertz CT molecular complexity index is 1310. The number of halogens is 3. The normalized spacial score (nSPS) is 11.1. The summed E-state index contributed by atoms with van der Waals surface area (Å²) in [5.41, 5.74) is 1.12. The zero-order chi connectivity index (χ0) is 22.0. The van der Waals surface area contributed by atoms with Crippen LogP contribution in [0, 0.1) is 5.82 Å². The lowest BCUT2D eigenvalue weighted by Crippen LogP contribution is -2.27. The summed E-state index contributed by atoms with van der Waals surface area (Å²) in [5.74, 6) is -0.694. The first-order chi connectivity index (χ1) is 14.9. The van der Waals surface area contributed by atoms with Crippen LogP contribution in [-0.4, -0.2) is 31.8 Å². The van der Waals surface area contributed by atoms with E-state index in [1.807, 2.05) is 0 Å².